The Morgan fingerprint density at radius 2 is 2.07 bits per heavy atom. The Hall–Kier alpha value is -1.61. The number of aliphatic hydroxyl groups excluding tert-OH is 1. The standard InChI is InChI=1S/C12H12O3/c13-10-6-2-1-4-8(10)12(15)9-5-3-7-11(9)14/h1-2,4-6,11,13-14H,3,7H2. The molecule has 0 aromatic heterocycles. The fraction of sp³-hybridized carbons (Fsp3) is 0.250. The van der Waals surface area contributed by atoms with Crippen LogP contribution in [0, 0.1) is 0 Å². The molecule has 0 aliphatic heterocycles. The lowest BCUT2D eigenvalue weighted by atomic mass is 10.0. The van der Waals surface area contributed by atoms with Crippen LogP contribution in [0.3, 0.4) is 0 Å². The van der Waals surface area contributed by atoms with Crippen LogP contribution < -0.4 is 0 Å². The van der Waals surface area contributed by atoms with Gasteiger partial charge in [-0.25, -0.2) is 0 Å². The molecule has 0 fully saturated rings. The van der Waals surface area contributed by atoms with Crippen molar-refractivity contribution in [3.8, 4) is 5.75 Å². The van der Waals surface area contributed by atoms with Gasteiger partial charge in [-0.15, -0.1) is 0 Å². The van der Waals surface area contributed by atoms with Crippen molar-refractivity contribution < 1.29 is 15.0 Å². The van der Waals surface area contributed by atoms with E-state index >= 15 is 0 Å². The summed E-state index contributed by atoms with van der Waals surface area (Å²) < 4.78 is 0. The summed E-state index contributed by atoms with van der Waals surface area (Å²) in [7, 11) is 0. The first-order chi connectivity index (χ1) is 7.20. The first kappa shape index (κ1) is 9.93. The van der Waals surface area contributed by atoms with Crippen molar-refractivity contribution in [2.45, 2.75) is 18.9 Å². The fourth-order valence-electron chi connectivity index (χ4n) is 1.75. The van der Waals surface area contributed by atoms with E-state index in [2.05, 4.69) is 0 Å². The van der Waals surface area contributed by atoms with Crippen LogP contribution in [0.1, 0.15) is 23.2 Å². The summed E-state index contributed by atoms with van der Waals surface area (Å²) >= 11 is 0. The van der Waals surface area contributed by atoms with E-state index in [4.69, 9.17) is 0 Å². The molecule has 3 nitrogen and oxygen atoms in total. The second-order valence-electron chi connectivity index (χ2n) is 3.60. The maximum absolute atomic E-state index is 11.9. The highest BCUT2D eigenvalue weighted by Gasteiger charge is 2.24. The number of para-hydroxylation sites is 1. The molecule has 15 heavy (non-hydrogen) atoms. The Bertz CT molecular complexity index is 421. The number of carbonyl (C=O) groups is 1. The summed E-state index contributed by atoms with van der Waals surface area (Å²) in [6.07, 6.45) is 2.36. The third kappa shape index (κ3) is 1.78. The number of phenols is 1. The van der Waals surface area contributed by atoms with E-state index in [-0.39, 0.29) is 17.1 Å². The largest absolute Gasteiger partial charge is 0.507 e. The number of aromatic hydroxyl groups is 1. The predicted molar refractivity (Wildman–Crippen MR) is 55.8 cm³/mol. The smallest absolute Gasteiger partial charge is 0.195 e. The van der Waals surface area contributed by atoms with Crippen molar-refractivity contribution in [2.24, 2.45) is 0 Å². The fourth-order valence-corrected chi connectivity index (χ4v) is 1.75. The molecular formula is C12H12O3. The van der Waals surface area contributed by atoms with Gasteiger partial charge >= 0.3 is 0 Å². The van der Waals surface area contributed by atoms with Gasteiger partial charge in [0.2, 0.25) is 0 Å². The van der Waals surface area contributed by atoms with Gasteiger partial charge < -0.3 is 10.2 Å². The minimum Gasteiger partial charge on any atom is -0.507 e. The topological polar surface area (TPSA) is 57.5 Å². The molecule has 1 aliphatic carbocycles. The molecule has 1 unspecified atom stereocenters. The van der Waals surface area contributed by atoms with Crippen LogP contribution in [0.15, 0.2) is 35.9 Å². The number of aliphatic hydroxyl groups is 1. The molecule has 2 rings (SSSR count). The van der Waals surface area contributed by atoms with Gasteiger partial charge in [0.25, 0.3) is 0 Å². The van der Waals surface area contributed by atoms with Crippen molar-refractivity contribution in [1.82, 2.24) is 0 Å². The van der Waals surface area contributed by atoms with Crippen LogP contribution in [0.5, 0.6) is 5.75 Å². The molecule has 3 heteroatoms. The molecule has 0 amide bonds. The number of carbonyl (C=O) groups excluding carboxylic acids is 1. The van der Waals surface area contributed by atoms with E-state index in [1.54, 1.807) is 24.3 Å². The van der Waals surface area contributed by atoms with Crippen molar-refractivity contribution in [3.63, 3.8) is 0 Å². The number of benzene rings is 1. The van der Waals surface area contributed by atoms with Gasteiger partial charge in [0.1, 0.15) is 5.75 Å². The Kier molecular flexibility index (Phi) is 2.56. The quantitative estimate of drug-likeness (QED) is 0.720. The number of rotatable bonds is 2. The van der Waals surface area contributed by atoms with Gasteiger partial charge in [-0.3, -0.25) is 4.79 Å². The lowest BCUT2D eigenvalue weighted by Crippen LogP contribution is -2.14. The molecule has 0 spiro atoms. The molecule has 2 N–H and O–H groups in total. The number of phenolic OH excluding ortho intramolecular Hbond substituents is 1. The first-order valence-corrected chi connectivity index (χ1v) is 4.91. The molecule has 1 atom stereocenters. The molecular weight excluding hydrogens is 192 g/mol. The van der Waals surface area contributed by atoms with Crippen LogP contribution in [0.4, 0.5) is 0 Å². The molecule has 1 aromatic rings. The predicted octanol–water partition coefficient (Wildman–Crippen LogP) is 1.66. The monoisotopic (exact) mass is 204 g/mol. The zero-order valence-corrected chi connectivity index (χ0v) is 8.18. The number of ketones is 1. The van der Waals surface area contributed by atoms with Gasteiger partial charge in [0.15, 0.2) is 5.78 Å². The highest BCUT2D eigenvalue weighted by Crippen LogP contribution is 2.26. The lowest BCUT2D eigenvalue weighted by molar-refractivity contribution is 0.0989. The molecule has 0 saturated heterocycles. The molecule has 1 aromatic carbocycles. The van der Waals surface area contributed by atoms with Crippen LogP contribution in [-0.4, -0.2) is 22.1 Å². The normalized spacial score (nSPS) is 20.1. The number of allylic oxidation sites excluding steroid dienone is 1. The molecule has 0 radical (unpaired) electrons. The Balaban J connectivity index is 2.33. The third-order valence-corrected chi connectivity index (χ3v) is 2.57. The number of hydrogen-bond donors (Lipinski definition) is 2. The van der Waals surface area contributed by atoms with Gasteiger partial charge in [-0.05, 0) is 25.0 Å². The lowest BCUT2D eigenvalue weighted by Gasteiger charge is -2.08. The summed E-state index contributed by atoms with van der Waals surface area (Å²) in [5.74, 6) is -0.319. The van der Waals surface area contributed by atoms with Gasteiger partial charge in [0, 0.05) is 5.57 Å². The maximum Gasteiger partial charge on any atom is 0.195 e. The molecule has 1 aliphatic rings. The van der Waals surface area contributed by atoms with Crippen molar-refractivity contribution in [2.75, 3.05) is 0 Å². The zero-order valence-electron chi connectivity index (χ0n) is 8.18. The zero-order chi connectivity index (χ0) is 10.8. The van der Waals surface area contributed by atoms with Gasteiger partial charge in [0.05, 0.1) is 11.7 Å². The Morgan fingerprint density at radius 1 is 1.33 bits per heavy atom. The second kappa shape index (κ2) is 3.87. The van der Waals surface area contributed by atoms with Crippen LogP contribution in [0.2, 0.25) is 0 Å². The average Bonchev–Trinajstić information content (AvgIpc) is 2.64. The van der Waals surface area contributed by atoms with E-state index in [0.717, 1.165) is 6.42 Å². The van der Waals surface area contributed by atoms with E-state index in [1.165, 1.54) is 6.07 Å². The Labute approximate surface area is 87.7 Å². The van der Waals surface area contributed by atoms with Gasteiger partial charge in [-0.2, -0.15) is 0 Å². The van der Waals surface area contributed by atoms with Crippen LogP contribution in [0.25, 0.3) is 0 Å². The average molecular weight is 204 g/mol. The van der Waals surface area contributed by atoms with E-state index in [9.17, 15) is 15.0 Å². The van der Waals surface area contributed by atoms with Gasteiger partial charge in [-0.1, -0.05) is 18.2 Å². The Morgan fingerprint density at radius 3 is 2.67 bits per heavy atom. The van der Waals surface area contributed by atoms with E-state index < -0.39 is 6.10 Å². The number of hydrogen-bond acceptors (Lipinski definition) is 3. The minimum atomic E-state index is -0.683. The summed E-state index contributed by atoms with van der Waals surface area (Å²) in [4.78, 5) is 11.9. The third-order valence-electron chi connectivity index (χ3n) is 2.57. The SMILES string of the molecule is O=C(C1=CCCC1O)c1ccccc1O. The van der Waals surface area contributed by atoms with E-state index in [1.807, 2.05) is 0 Å². The minimum absolute atomic E-state index is 0.0394. The first-order valence-electron chi connectivity index (χ1n) is 4.91. The van der Waals surface area contributed by atoms with E-state index in [0.29, 0.717) is 12.0 Å². The van der Waals surface area contributed by atoms with Crippen molar-refractivity contribution in [3.05, 3.63) is 41.5 Å². The summed E-state index contributed by atoms with van der Waals surface area (Å²) in [5.41, 5.74) is 0.654. The summed E-state index contributed by atoms with van der Waals surface area (Å²) in [6, 6.07) is 6.37. The van der Waals surface area contributed by atoms with Crippen molar-refractivity contribution >= 4 is 5.78 Å². The maximum atomic E-state index is 11.9. The molecule has 0 saturated carbocycles. The highest BCUT2D eigenvalue weighted by molar-refractivity contribution is 6.11. The summed E-state index contributed by atoms with van der Waals surface area (Å²) in [5, 5.41) is 19.0. The highest BCUT2D eigenvalue weighted by atomic mass is 16.3. The van der Waals surface area contributed by atoms with Crippen LogP contribution in [-0.2, 0) is 0 Å². The number of Topliss-reactive ketones (excluding diaryl/α,β-unsaturated/α-hetero) is 1. The van der Waals surface area contributed by atoms with Crippen LogP contribution >= 0.6 is 0 Å². The molecule has 0 heterocycles. The summed E-state index contributed by atoms with van der Waals surface area (Å²) in [6.45, 7) is 0. The second-order valence-corrected chi connectivity index (χ2v) is 3.60. The molecule has 78 valence electrons. The van der Waals surface area contributed by atoms with Crippen molar-refractivity contribution in [1.29, 1.82) is 0 Å². The molecule has 0 bridgehead atoms.